The van der Waals surface area contributed by atoms with Crippen LogP contribution in [0.3, 0.4) is 0 Å². The van der Waals surface area contributed by atoms with Gasteiger partial charge in [0.2, 0.25) is 5.91 Å². The van der Waals surface area contributed by atoms with E-state index in [4.69, 9.17) is 10.5 Å². The number of nitrogens with two attached hydrogens (primary N) is 1. The number of hydrogen-bond donors (Lipinski definition) is 2. The second kappa shape index (κ2) is 6.01. The number of carbonyl (C=O) groups excluding carboxylic acids is 1. The number of methoxy groups -OCH3 is 1. The van der Waals surface area contributed by atoms with E-state index in [1.54, 1.807) is 25.3 Å². The molecule has 0 atom stereocenters. The first kappa shape index (κ1) is 15.1. The van der Waals surface area contributed by atoms with Crippen molar-refractivity contribution in [3.05, 3.63) is 38.4 Å². The molecular formula is C14H17N3O3S. The number of hydrogen-bond acceptors (Lipinski definition) is 5. The minimum absolute atomic E-state index is 0.0273. The van der Waals surface area contributed by atoms with E-state index in [9.17, 15) is 9.59 Å². The quantitative estimate of drug-likeness (QED) is 0.843. The molecule has 0 bridgehead atoms. The third-order valence-electron chi connectivity index (χ3n) is 3.21. The number of ether oxygens (including phenoxy) is 1. The molecule has 2 rings (SSSR count). The summed E-state index contributed by atoms with van der Waals surface area (Å²) in [6.07, 6.45) is 0. The van der Waals surface area contributed by atoms with E-state index in [0.29, 0.717) is 17.1 Å². The van der Waals surface area contributed by atoms with Gasteiger partial charge in [-0.15, -0.1) is 0 Å². The van der Waals surface area contributed by atoms with Crippen LogP contribution in [0.25, 0.3) is 0 Å². The molecule has 0 aliphatic heterocycles. The summed E-state index contributed by atoms with van der Waals surface area (Å²) in [4.78, 5) is 24.6. The molecule has 112 valence electrons. The van der Waals surface area contributed by atoms with Crippen LogP contribution >= 0.6 is 11.3 Å². The molecule has 21 heavy (non-hydrogen) atoms. The molecule has 1 amide bonds. The maximum absolute atomic E-state index is 12.0. The van der Waals surface area contributed by atoms with Gasteiger partial charge in [0.15, 0.2) is 0 Å². The van der Waals surface area contributed by atoms with E-state index in [2.05, 4.69) is 5.32 Å². The van der Waals surface area contributed by atoms with Crippen molar-refractivity contribution >= 4 is 28.6 Å². The highest BCUT2D eigenvalue weighted by Crippen LogP contribution is 2.24. The smallest absolute Gasteiger partial charge is 0.308 e. The molecule has 1 heterocycles. The van der Waals surface area contributed by atoms with Gasteiger partial charge in [-0.2, -0.15) is 0 Å². The van der Waals surface area contributed by atoms with Gasteiger partial charge in [0.1, 0.15) is 12.3 Å². The Bertz CT molecular complexity index is 734. The molecule has 0 fully saturated rings. The molecule has 0 saturated carbocycles. The molecule has 1 aromatic heterocycles. The van der Waals surface area contributed by atoms with E-state index in [1.165, 1.54) is 4.57 Å². The van der Waals surface area contributed by atoms with Crippen molar-refractivity contribution in [2.24, 2.45) is 0 Å². The zero-order valence-electron chi connectivity index (χ0n) is 12.1. The van der Waals surface area contributed by atoms with Gasteiger partial charge in [-0.05, 0) is 26.0 Å². The van der Waals surface area contributed by atoms with Gasteiger partial charge in [0.05, 0.1) is 18.5 Å². The lowest BCUT2D eigenvalue weighted by atomic mass is 10.2. The van der Waals surface area contributed by atoms with Crippen molar-refractivity contribution in [1.29, 1.82) is 0 Å². The van der Waals surface area contributed by atoms with Gasteiger partial charge in [0.25, 0.3) is 0 Å². The Morgan fingerprint density at radius 2 is 2.14 bits per heavy atom. The minimum Gasteiger partial charge on any atom is -0.497 e. The predicted molar refractivity (Wildman–Crippen MR) is 84.1 cm³/mol. The number of thiazole rings is 1. The van der Waals surface area contributed by atoms with Crippen LogP contribution in [0.2, 0.25) is 0 Å². The third kappa shape index (κ3) is 3.25. The summed E-state index contributed by atoms with van der Waals surface area (Å²) in [5, 5.41) is 2.70. The molecule has 0 unspecified atom stereocenters. The van der Waals surface area contributed by atoms with Gasteiger partial charge in [0, 0.05) is 16.6 Å². The van der Waals surface area contributed by atoms with Gasteiger partial charge in [-0.25, -0.2) is 0 Å². The lowest BCUT2D eigenvalue weighted by Crippen LogP contribution is -2.25. The number of amides is 1. The Hall–Kier alpha value is -2.28. The molecule has 1 aromatic carbocycles. The molecule has 0 aliphatic carbocycles. The van der Waals surface area contributed by atoms with E-state index in [0.717, 1.165) is 21.9 Å². The Labute approximate surface area is 126 Å². The Morgan fingerprint density at radius 1 is 1.43 bits per heavy atom. The summed E-state index contributed by atoms with van der Waals surface area (Å²) >= 11 is 1.14. The Morgan fingerprint density at radius 3 is 2.67 bits per heavy atom. The summed E-state index contributed by atoms with van der Waals surface area (Å²) in [7, 11) is 1.54. The van der Waals surface area contributed by atoms with Crippen molar-refractivity contribution in [2.75, 3.05) is 18.2 Å². The molecule has 0 radical (unpaired) electrons. The third-order valence-corrected chi connectivity index (χ3v) is 4.21. The van der Waals surface area contributed by atoms with Gasteiger partial charge >= 0.3 is 4.87 Å². The minimum atomic E-state index is -0.296. The Balaban J connectivity index is 2.13. The lowest BCUT2D eigenvalue weighted by Gasteiger charge is -2.10. The summed E-state index contributed by atoms with van der Waals surface area (Å²) in [6, 6.07) is 5.00. The topological polar surface area (TPSA) is 86.3 Å². The summed E-state index contributed by atoms with van der Waals surface area (Å²) in [5.74, 6) is 0.320. The predicted octanol–water partition coefficient (Wildman–Crippen LogP) is 1.76. The van der Waals surface area contributed by atoms with Crippen LogP contribution in [0.1, 0.15) is 10.6 Å². The van der Waals surface area contributed by atoms with E-state index < -0.39 is 0 Å². The number of nitrogens with zero attached hydrogens (tertiary/aromatic N) is 1. The van der Waals surface area contributed by atoms with Crippen LogP contribution in [0, 0.1) is 13.8 Å². The standard InChI is InChI=1S/C14H17N3O3S/c1-8-9(2)21-14(19)17(8)7-13(18)16-12-5-4-10(20-3)6-11(12)15/h4-6H,7,15H2,1-3H3,(H,16,18). The van der Waals surface area contributed by atoms with Crippen LogP contribution < -0.4 is 20.7 Å². The number of carbonyl (C=O) groups is 1. The zero-order chi connectivity index (χ0) is 15.6. The lowest BCUT2D eigenvalue weighted by molar-refractivity contribution is -0.116. The van der Waals surface area contributed by atoms with E-state index >= 15 is 0 Å². The molecule has 7 heteroatoms. The first-order valence-corrected chi connectivity index (χ1v) is 7.14. The molecule has 0 spiro atoms. The highest BCUT2D eigenvalue weighted by atomic mass is 32.1. The number of nitrogen functional groups attached to an aromatic ring is 1. The van der Waals surface area contributed by atoms with Crippen molar-refractivity contribution in [3.8, 4) is 5.75 Å². The first-order valence-electron chi connectivity index (χ1n) is 6.32. The fraction of sp³-hybridized carbons (Fsp3) is 0.286. The first-order chi connectivity index (χ1) is 9.92. The van der Waals surface area contributed by atoms with Crippen molar-refractivity contribution < 1.29 is 9.53 Å². The molecule has 0 aliphatic rings. The highest BCUT2D eigenvalue weighted by molar-refractivity contribution is 7.09. The van der Waals surface area contributed by atoms with Crippen LogP contribution in [0.15, 0.2) is 23.0 Å². The van der Waals surface area contributed by atoms with E-state index in [-0.39, 0.29) is 17.3 Å². The zero-order valence-corrected chi connectivity index (χ0v) is 12.9. The molecular weight excluding hydrogens is 290 g/mol. The van der Waals surface area contributed by atoms with Gasteiger partial charge < -0.3 is 15.8 Å². The normalized spacial score (nSPS) is 10.4. The second-order valence-corrected chi connectivity index (χ2v) is 5.76. The monoisotopic (exact) mass is 307 g/mol. The fourth-order valence-corrected chi connectivity index (χ4v) is 2.72. The average molecular weight is 307 g/mol. The van der Waals surface area contributed by atoms with Crippen molar-refractivity contribution in [2.45, 2.75) is 20.4 Å². The second-order valence-electron chi connectivity index (χ2n) is 4.60. The number of benzene rings is 1. The van der Waals surface area contributed by atoms with Gasteiger partial charge in [-0.1, -0.05) is 11.3 Å². The molecule has 2 aromatic rings. The molecule has 6 nitrogen and oxygen atoms in total. The summed E-state index contributed by atoms with van der Waals surface area (Å²) < 4.78 is 6.50. The molecule has 3 N–H and O–H groups in total. The largest absolute Gasteiger partial charge is 0.497 e. The van der Waals surface area contributed by atoms with Gasteiger partial charge in [-0.3, -0.25) is 14.2 Å². The van der Waals surface area contributed by atoms with E-state index in [1.807, 2.05) is 13.8 Å². The summed E-state index contributed by atoms with van der Waals surface area (Å²) in [5.41, 5.74) is 7.56. The number of anilines is 2. The van der Waals surface area contributed by atoms with Crippen molar-refractivity contribution in [1.82, 2.24) is 4.57 Å². The maximum atomic E-state index is 12.0. The van der Waals surface area contributed by atoms with Crippen LogP contribution in [0.4, 0.5) is 11.4 Å². The fourth-order valence-electron chi connectivity index (χ4n) is 1.88. The van der Waals surface area contributed by atoms with Crippen LogP contribution in [0.5, 0.6) is 5.75 Å². The highest BCUT2D eigenvalue weighted by Gasteiger charge is 2.12. The van der Waals surface area contributed by atoms with Crippen LogP contribution in [-0.2, 0) is 11.3 Å². The molecule has 0 saturated heterocycles. The van der Waals surface area contributed by atoms with Crippen molar-refractivity contribution in [3.63, 3.8) is 0 Å². The number of aryl methyl sites for hydroxylation is 1. The number of nitrogens with one attached hydrogen (secondary N) is 1. The number of aromatic nitrogens is 1. The maximum Gasteiger partial charge on any atom is 0.308 e. The number of rotatable bonds is 4. The summed E-state index contributed by atoms with van der Waals surface area (Å²) in [6.45, 7) is 3.65. The average Bonchev–Trinajstić information content (AvgIpc) is 2.67. The Kier molecular flexibility index (Phi) is 4.32. The SMILES string of the molecule is COc1ccc(NC(=O)Cn2c(C)c(C)sc2=O)c(N)c1. The van der Waals surface area contributed by atoms with Crippen LogP contribution in [-0.4, -0.2) is 17.6 Å².